The summed E-state index contributed by atoms with van der Waals surface area (Å²) < 4.78 is 2.25. The second-order valence-corrected chi connectivity index (χ2v) is 2.43. The molecule has 0 saturated carbocycles. The Bertz CT molecular complexity index is 255. The summed E-state index contributed by atoms with van der Waals surface area (Å²) in [6.07, 6.45) is 4.36. The van der Waals surface area contributed by atoms with Gasteiger partial charge in [-0.3, -0.25) is 0 Å². The molecule has 0 bridgehead atoms. The summed E-state index contributed by atoms with van der Waals surface area (Å²) in [6.45, 7) is 3.22. The summed E-state index contributed by atoms with van der Waals surface area (Å²) >= 11 is 0. The van der Waals surface area contributed by atoms with Crippen LogP contribution in [0.25, 0.3) is 5.57 Å². The van der Waals surface area contributed by atoms with Gasteiger partial charge in [0.15, 0.2) is 0 Å². The predicted octanol–water partition coefficient (Wildman–Crippen LogP) is 1.91. The quantitative estimate of drug-likeness (QED) is 0.491. The number of allylic oxidation sites excluding steroid dienone is 2. The number of aromatic nitrogens is 1. The first-order valence-corrected chi connectivity index (χ1v) is 3.20. The molecule has 0 amide bonds. The second kappa shape index (κ2) is 1.50. The van der Waals surface area contributed by atoms with Crippen LogP contribution in [0.3, 0.4) is 0 Å². The van der Waals surface area contributed by atoms with Crippen LogP contribution in [-0.4, -0.2) is 4.57 Å². The highest BCUT2D eigenvalue weighted by Crippen LogP contribution is 2.20. The maximum Gasteiger partial charge on any atom is 0.0436 e. The lowest BCUT2D eigenvalue weighted by molar-refractivity contribution is 0.847. The molecule has 1 aromatic heterocycles. The molecule has 0 atom stereocenters. The van der Waals surface area contributed by atoms with Gasteiger partial charge in [0.05, 0.1) is 0 Å². The molecular formula is C8H9N. The third-order valence-corrected chi connectivity index (χ3v) is 1.83. The van der Waals surface area contributed by atoms with Crippen molar-refractivity contribution in [2.45, 2.75) is 13.5 Å². The van der Waals surface area contributed by atoms with E-state index in [2.05, 4.69) is 35.9 Å². The van der Waals surface area contributed by atoms with Crippen molar-refractivity contribution in [3.63, 3.8) is 0 Å². The molecule has 9 heavy (non-hydrogen) atoms. The van der Waals surface area contributed by atoms with Gasteiger partial charge in [0, 0.05) is 18.4 Å². The minimum atomic E-state index is 1.06. The van der Waals surface area contributed by atoms with Crippen molar-refractivity contribution in [2.24, 2.45) is 0 Å². The van der Waals surface area contributed by atoms with Crippen molar-refractivity contribution >= 4 is 5.57 Å². The minimum absolute atomic E-state index is 1.06. The van der Waals surface area contributed by atoms with Crippen LogP contribution in [0.5, 0.6) is 0 Å². The fraction of sp³-hybridized carbons (Fsp3) is 0.250. The van der Waals surface area contributed by atoms with Crippen LogP contribution in [0.15, 0.2) is 24.4 Å². The van der Waals surface area contributed by atoms with Crippen LogP contribution < -0.4 is 0 Å². The largest absolute Gasteiger partial charge is 0.344 e. The molecule has 0 radical (unpaired) electrons. The number of hydrogen-bond acceptors (Lipinski definition) is 0. The Morgan fingerprint density at radius 2 is 2.44 bits per heavy atom. The number of fused-ring (bicyclic) bond motifs is 1. The molecule has 46 valence electrons. The fourth-order valence-electron chi connectivity index (χ4n) is 1.27. The fourth-order valence-corrected chi connectivity index (χ4v) is 1.27. The summed E-state index contributed by atoms with van der Waals surface area (Å²) in [5.74, 6) is 0. The lowest BCUT2D eigenvalue weighted by Crippen LogP contribution is -1.88. The molecule has 0 aromatic carbocycles. The summed E-state index contributed by atoms with van der Waals surface area (Å²) in [5.41, 5.74) is 2.77. The Hall–Kier alpha value is -0.980. The van der Waals surface area contributed by atoms with E-state index in [1.807, 2.05) is 0 Å². The molecule has 1 nitrogen and oxygen atoms in total. The minimum Gasteiger partial charge on any atom is -0.344 e. The summed E-state index contributed by atoms with van der Waals surface area (Å²) in [4.78, 5) is 0. The first kappa shape index (κ1) is 4.86. The molecule has 1 aliphatic rings. The zero-order valence-corrected chi connectivity index (χ0v) is 5.46. The summed E-state index contributed by atoms with van der Waals surface area (Å²) in [7, 11) is 0. The first-order valence-electron chi connectivity index (χ1n) is 3.20. The van der Waals surface area contributed by atoms with Gasteiger partial charge in [0.2, 0.25) is 0 Å². The average Bonchev–Trinajstić information content (AvgIpc) is 2.35. The molecule has 0 aliphatic carbocycles. The molecule has 0 saturated heterocycles. The summed E-state index contributed by atoms with van der Waals surface area (Å²) in [6, 6.07) is 4.24. The van der Waals surface area contributed by atoms with E-state index in [4.69, 9.17) is 0 Å². The van der Waals surface area contributed by atoms with Crippen LogP contribution in [0, 0.1) is 0 Å². The van der Waals surface area contributed by atoms with Gasteiger partial charge in [-0.1, -0.05) is 6.08 Å². The molecule has 1 heteroatoms. The molecule has 1 aliphatic heterocycles. The normalized spacial score (nSPS) is 15.4. The predicted molar refractivity (Wildman–Crippen MR) is 38.1 cm³/mol. The molecule has 2 heterocycles. The molecule has 0 fully saturated rings. The maximum absolute atomic E-state index is 2.25. The standard InChI is InChI=1S/C8H9N/c1-7-4-6-9-5-2-3-8(7)9/h2-5H,6H2,1H3. The van der Waals surface area contributed by atoms with E-state index in [1.165, 1.54) is 11.3 Å². The van der Waals surface area contributed by atoms with Gasteiger partial charge in [-0.2, -0.15) is 0 Å². The lowest BCUT2D eigenvalue weighted by atomic mass is 10.2. The highest BCUT2D eigenvalue weighted by molar-refractivity contribution is 5.63. The smallest absolute Gasteiger partial charge is 0.0436 e. The van der Waals surface area contributed by atoms with Crippen molar-refractivity contribution in [3.05, 3.63) is 30.1 Å². The molecule has 0 unspecified atom stereocenters. The van der Waals surface area contributed by atoms with Crippen molar-refractivity contribution < 1.29 is 0 Å². The van der Waals surface area contributed by atoms with Gasteiger partial charge < -0.3 is 4.57 Å². The van der Waals surface area contributed by atoms with Gasteiger partial charge in [-0.25, -0.2) is 0 Å². The zero-order valence-electron chi connectivity index (χ0n) is 5.46. The van der Waals surface area contributed by atoms with Crippen LogP contribution in [0.4, 0.5) is 0 Å². The SMILES string of the molecule is CC1=CCn2cccc21. The van der Waals surface area contributed by atoms with E-state index in [0.717, 1.165) is 6.54 Å². The van der Waals surface area contributed by atoms with Crippen molar-refractivity contribution in [2.75, 3.05) is 0 Å². The molecule has 0 N–H and O–H groups in total. The van der Waals surface area contributed by atoms with Crippen LogP contribution >= 0.6 is 0 Å². The van der Waals surface area contributed by atoms with E-state index in [0.29, 0.717) is 0 Å². The number of hydrogen-bond donors (Lipinski definition) is 0. The third kappa shape index (κ3) is 0.545. The Kier molecular flexibility index (Phi) is 0.810. The molecule has 2 rings (SSSR count). The van der Waals surface area contributed by atoms with Gasteiger partial charge in [-0.05, 0) is 24.6 Å². The summed E-state index contributed by atoms with van der Waals surface area (Å²) in [5, 5.41) is 0. The van der Waals surface area contributed by atoms with Gasteiger partial charge in [0.25, 0.3) is 0 Å². The monoisotopic (exact) mass is 119 g/mol. The molecule has 1 aromatic rings. The zero-order chi connectivity index (χ0) is 6.27. The Labute approximate surface area is 54.6 Å². The van der Waals surface area contributed by atoms with E-state index in [1.54, 1.807) is 0 Å². The van der Waals surface area contributed by atoms with E-state index in [9.17, 15) is 0 Å². The second-order valence-electron chi connectivity index (χ2n) is 2.43. The number of nitrogens with zero attached hydrogens (tertiary/aromatic N) is 1. The van der Waals surface area contributed by atoms with Crippen LogP contribution in [-0.2, 0) is 6.54 Å². The highest BCUT2D eigenvalue weighted by Gasteiger charge is 2.06. The number of rotatable bonds is 0. The topological polar surface area (TPSA) is 4.93 Å². The van der Waals surface area contributed by atoms with E-state index < -0.39 is 0 Å². The van der Waals surface area contributed by atoms with Crippen molar-refractivity contribution in [3.8, 4) is 0 Å². The van der Waals surface area contributed by atoms with Crippen LogP contribution in [0.2, 0.25) is 0 Å². The highest BCUT2D eigenvalue weighted by atomic mass is 15.0. The average molecular weight is 119 g/mol. The van der Waals surface area contributed by atoms with Crippen LogP contribution in [0.1, 0.15) is 12.6 Å². The van der Waals surface area contributed by atoms with Crippen molar-refractivity contribution in [1.82, 2.24) is 4.57 Å². The lowest BCUT2D eigenvalue weighted by Gasteiger charge is -1.93. The van der Waals surface area contributed by atoms with E-state index in [-0.39, 0.29) is 0 Å². The van der Waals surface area contributed by atoms with Gasteiger partial charge in [0.1, 0.15) is 0 Å². The first-order chi connectivity index (χ1) is 4.38. The van der Waals surface area contributed by atoms with Gasteiger partial charge >= 0.3 is 0 Å². The van der Waals surface area contributed by atoms with Crippen molar-refractivity contribution in [1.29, 1.82) is 0 Å². The van der Waals surface area contributed by atoms with Gasteiger partial charge in [-0.15, -0.1) is 0 Å². The maximum atomic E-state index is 2.25. The molecular weight excluding hydrogens is 110 g/mol. The third-order valence-electron chi connectivity index (χ3n) is 1.83. The Balaban J connectivity index is 2.62. The Morgan fingerprint density at radius 1 is 1.56 bits per heavy atom. The molecule has 0 spiro atoms. The Morgan fingerprint density at radius 3 is 3.22 bits per heavy atom. The van der Waals surface area contributed by atoms with E-state index >= 15 is 0 Å².